The Morgan fingerprint density at radius 1 is 0.540 bits per heavy atom. The summed E-state index contributed by atoms with van der Waals surface area (Å²) in [4.78, 5) is 113. The summed E-state index contributed by atoms with van der Waals surface area (Å²) in [6.45, 7) is 16.2. The summed E-state index contributed by atoms with van der Waals surface area (Å²) in [5, 5.41) is 55.8. The van der Waals surface area contributed by atoms with Crippen molar-refractivity contribution in [3.05, 3.63) is 128 Å². The summed E-state index contributed by atoms with van der Waals surface area (Å²) in [7, 11) is 0. The molecule has 6 amide bonds. The van der Waals surface area contributed by atoms with Crippen LogP contribution >= 0.6 is 34.8 Å². The summed E-state index contributed by atoms with van der Waals surface area (Å²) in [6.07, 6.45) is -2.29. The predicted octanol–water partition coefficient (Wildman–Crippen LogP) is 11.4. The van der Waals surface area contributed by atoms with Crippen LogP contribution in [0.4, 0.5) is 29.3 Å². The monoisotopic (exact) mass is 1270 g/mol. The molecule has 3 aliphatic carbocycles. The fourth-order valence-corrected chi connectivity index (χ4v) is 12.8. The fraction of sp³-hybridized carbons (Fsp3) is 0.468. The average molecular weight is 1270 g/mol. The molecule has 0 aliphatic heterocycles. The Kier molecular flexibility index (Phi) is 20.6. The number of alkyl halides is 3. The van der Waals surface area contributed by atoms with E-state index in [9.17, 15) is 76.7 Å². The van der Waals surface area contributed by atoms with Crippen LogP contribution in [0.25, 0.3) is 0 Å². The third-order valence-electron chi connectivity index (χ3n) is 19.1. The Balaban J connectivity index is 0.000000284. The Bertz CT molecular complexity index is 3320. The van der Waals surface area contributed by atoms with Crippen molar-refractivity contribution in [3.63, 3.8) is 0 Å². The number of carboxylic acid groups (broad SMARTS) is 4. The standard InChI is InChI=1S/C35H44Cl2N4O7.C27H28ClF3N2O6/c1-32(2)21(14-16-34(32,5)40-31(48)41-35(6)17-15-22(29(44)45)33(35,3)4)27(42)39-25(30(46)47)18-19-10-12-20(13-11-19)38-28(43)26-23(36)8-7-9-24(26)37;1-25(2)18(10-11-26(25,3)24(38)39)22(35)33-20(23(36)37)12-14-4-7-16(8-5-14)32-21(34)17-13-15(27(29,30)31)6-9-19(17)28/h7-13,21-22,25H,14-18H2,1-6H3,(H,38,43)(H,39,42)(H,44,45)(H,46,47)(H2,40,41,48);4-9,13,18,20H,10-12H2,1-3H3,(H,32,34)(H,33,35)(H,36,37)(H,38,39)/t21-,22?,25+,34?,35?;18-,20+,26-/m11/s1. The van der Waals surface area contributed by atoms with E-state index in [2.05, 4.69) is 31.9 Å². The number of rotatable bonds is 18. The quantitative estimate of drug-likeness (QED) is 0.0444. The van der Waals surface area contributed by atoms with Crippen LogP contribution in [0, 0.1) is 39.4 Å². The second kappa shape index (κ2) is 26.1. The van der Waals surface area contributed by atoms with E-state index in [1.165, 1.54) is 24.3 Å². The first-order valence-electron chi connectivity index (χ1n) is 27.9. The van der Waals surface area contributed by atoms with Crippen LogP contribution in [-0.4, -0.2) is 97.1 Å². The summed E-state index contributed by atoms with van der Waals surface area (Å²) in [5.41, 5.74) is -4.48. The van der Waals surface area contributed by atoms with Crippen molar-refractivity contribution < 1.29 is 76.7 Å². The molecule has 470 valence electrons. The number of benzene rings is 4. The van der Waals surface area contributed by atoms with Crippen LogP contribution in [-0.2, 0) is 47.8 Å². The highest BCUT2D eigenvalue weighted by molar-refractivity contribution is 6.40. The number of hydrogen-bond acceptors (Lipinski definition) is 9. The molecule has 0 radical (unpaired) electrons. The molecule has 0 saturated heterocycles. The number of hydrogen-bond donors (Lipinski definition) is 10. The van der Waals surface area contributed by atoms with Gasteiger partial charge in [-0.2, -0.15) is 13.2 Å². The molecule has 25 heteroatoms. The van der Waals surface area contributed by atoms with Crippen molar-refractivity contribution in [2.75, 3.05) is 10.6 Å². The fourth-order valence-electron chi connectivity index (χ4n) is 12.1. The van der Waals surface area contributed by atoms with Crippen molar-refractivity contribution in [1.82, 2.24) is 21.3 Å². The number of carbonyl (C=O) groups excluding carboxylic acids is 5. The van der Waals surface area contributed by atoms with Gasteiger partial charge in [0.2, 0.25) is 11.8 Å². The molecule has 0 heterocycles. The number of nitrogens with one attached hydrogen (secondary N) is 6. The van der Waals surface area contributed by atoms with Crippen LogP contribution in [0.5, 0.6) is 0 Å². The molecular formula is C62H72Cl3F3N6O13. The zero-order valence-electron chi connectivity index (χ0n) is 49.4. The topological polar surface area (TPSA) is 307 Å². The smallest absolute Gasteiger partial charge is 0.416 e. The van der Waals surface area contributed by atoms with Gasteiger partial charge in [0.15, 0.2) is 0 Å². The largest absolute Gasteiger partial charge is 0.481 e. The first kappa shape index (κ1) is 68.7. The van der Waals surface area contributed by atoms with Gasteiger partial charge in [-0.25, -0.2) is 14.4 Å². The van der Waals surface area contributed by atoms with Crippen LogP contribution in [0.15, 0.2) is 84.9 Å². The molecule has 10 N–H and O–H groups in total. The highest BCUT2D eigenvalue weighted by Gasteiger charge is 2.60. The average Bonchev–Trinajstić information content (AvgIpc) is 1.70. The molecule has 0 bridgehead atoms. The predicted molar refractivity (Wildman–Crippen MR) is 320 cm³/mol. The van der Waals surface area contributed by atoms with E-state index in [1.54, 1.807) is 63.2 Å². The number of anilines is 2. The Labute approximate surface area is 516 Å². The first-order chi connectivity index (χ1) is 40.2. The number of carbonyl (C=O) groups is 9. The maximum atomic E-state index is 13.6. The van der Waals surface area contributed by atoms with Gasteiger partial charge in [-0.1, -0.05) is 107 Å². The van der Waals surface area contributed by atoms with Gasteiger partial charge >= 0.3 is 36.1 Å². The van der Waals surface area contributed by atoms with E-state index >= 15 is 0 Å². The highest BCUT2D eigenvalue weighted by Crippen LogP contribution is 2.56. The molecule has 8 atom stereocenters. The summed E-state index contributed by atoms with van der Waals surface area (Å²) >= 11 is 18.2. The van der Waals surface area contributed by atoms with Crippen molar-refractivity contribution in [2.24, 2.45) is 39.4 Å². The molecule has 3 fully saturated rings. The van der Waals surface area contributed by atoms with E-state index < -0.39 is 128 Å². The van der Waals surface area contributed by atoms with E-state index in [0.29, 0.717) is 55.0 Å². The Morgan fingerprint density at radius 3 is 1.36 bits per heavy atom. The molecule has 7 rings (SSSR count). The molecule has 4 aromatic rings. The molecule has 0 aromatic heterocycles. The lowest BCUT2D eigenvalue weighted by Crippen LogP contribution is -2.63. The van der Waals surface area contributed by atoms with Crippen molar-refractivity contribution in [1.29, 1.82) is 0 Å². The van der Waals surface area contributed by atoms with E-state index in [1.807, 2.05) is 41.5 Å². The highest BCUT2D eigenvalue weighted by atomic mass is 35.5. The molecule has 3 unspecified atom stereocenters. The molecule has 3 aliphatic rings. The van der Waals surface area contributed by atoms with Gasteiger partial charge in [-0.15, -0.1) is 0 Å². The molecule has 3 saturated carbocycles. The zero-order chi connectivity index (χ0) is 65.2. The Hall–Kier alpha value is -7.43. The minimum Gasteiger partial charge on any atom is -0.481 e. The van der Waals surface area contributed by atoms with Crippen LogP contribution in [0.3, 0.4) is 0 Å². The van der Waals surface area contributed by atoms with E-state index in [-0.39, 0.29) is 51.1 Å². The first-order valence-corrected chi connectivity index (χ1v) is 29.1. The van der Waals surface area contributed by atoms with Crippen LogP contribution in [0.1, 0.15) is 138 Å². The zero-order valence-corrected chi connectivity index (χ0v) is 51.6. The second-order valence-electron chi connectivity index (χ2n) is 25.0. The van der Waals surface area contributed by atoms with E-state index in [0.717, 1.165) is 12.1 Å². The number of halogens is 6. The number of aliphatic carboxylic acids is 4. The van der Waals surface area contributed by atoms with Crippen molar-refractivity contribution >= 4 is 99.7 Å². The third kappa shape index (κ3) is 14.8. The lowest BCUT2D eigenvalue weighted by atomic mass is 9.65. The van der Waals surface area contributed by atoms with Crippen molar-refractivity contribution in [2.45, 2.75) is 143 Å². The SMILES string of the molecule is CC1(C)[C@@H](C(=O)N[C@@H](Cc2ccc(NC(=O)c3cc(C(F)(F)F)ccc3Cl)cc2)C(=O)O)CC[C@]1(C)C(=O)O.CC1(NC(=O)NC2(C)CC[C@H](C(=O)N[C@@H](Cc3ccc(NC(=O)c4c(Cl)cccc4Cl)cc3)C(=O)O)C2(C)C)CCC(C(=O)O)C1(C)C. The maximum absolute atomic E-state index is 13.6. The van der Waals surface area contributed by atoms with E-state index in [4.69, 9.17) is 34.8 Å². The van der Waals surface area contributed by atoms with Gasteiger partial charge in [0.25, 0.3) is 11.8 Å². The molecule has 87 heavy (non-hydrogen) atoms. The molecule has 19 nitrogen and oxygen atoms in total. The lowest BCUT2D eigenvalue weighted by molar-refractivity contribution is -0.156. The van der Waals surface area contributed by atoms with Gasteiger partial charge in [-0.05, 0) is 136 Å². The van der Waals surface area contributed by atoms with Gasteiger partial charge in [0.05, 0.1) is 43.1 Å². The van der Waals surface area contributed by atoms with Crippen LogP contribution in [0.2, 0.25) is 15.1 Å². The number of urea groups is 1. The normalized spacial score (nSPS) is 24.0. The summed E-state index contributed by atoms with van der Waals surface area (Å²) in [5.74, 6) is -8.56. The van der Waals surface area contributed by atoms with Gasteiger partial charge in [0, 0.05) is 52.5 Å². The second-order valence-corrected chi connectivity index (χ2v) is 26.2. The minimum atomic E-state index is -4.65. The summed E-state index contributed by atoms with van der Waals surface area (Å²) in [6, 6.07) is 16.7. The third-order valence-corrected chi connectivity index (χ3v) is 20.1. The van der Waals surface area contributed by atoms with Crippen molar-refractivity contribution in [3.8, 4) is 0 Å². The van der Waals surface area contributed by atoms with Gasteiger partial charge < -0.3 is 52.3 Å². The maximum Gasteiger partial charge on any atom is 0.416 e. The number of amides is 6. The summed E-state index contributed by atoms with van der Waals surface area (Å²) < 4.78 is 39.0. The minimum absolute atomic E-state index is 0.00240. The Morgan fingerprint density at radius 2 is 0.954 bits per heavy atom. The van der Waals surface area contributed by atoms with Crippen LogP contribution < -0.4 is 31.9 Å². The number of carboxylic acids is 4. The van der Waals surface area contributed by atoms with Gasteiger partial charge in [0.1, 0.15) is 12.1 Å². The molecular weight excluding hydrogens is 1200 g/mol. The van der Waals surface area contributed by atoms with Gasteiger partial charge in [-0.3, -0.25) is 28.8 Å². The molecule has 4 aromatic carbocycles. The molecule has 0 spiro atoms. The lowest BCUT2D eigenvalue weighted by Gasteiger charge is -2.45.